The summed E-state index contributed by atoms with van der Waals surface area (Å²) in [7, 11) is 3.17. The lowest BCUT2D eigenvalue weighted by molar-refractivity contribution is -0.0511. The van der Waals surface area contributed by atoms with Crippen LogP contribution in [-0.2, 0) is 16.6 Å². The molecule has 3 N–H and O–H groups in total. The molecule has 0 spiro atoms. The van der Waals surface area contributed by atoms with Crippen LogP contribution >= 0.6 is 0 Å². The normalized spacial score (nSPS) is 29.4. The van der Waals surface area contributed by atoms with Crippen molar-refractivity contribution in [3.05, 3.63) is 18.1 Å². The van der Waals surface area contributed by atoms with Gasteiger partial charge in [-0.1, -0.05) is 5.16 Å². The van der Waals surface area contributed by atoms with Gasteiger partial charge in [0.1, 0.15) is 25.4 Å². The molecule has 4 atom stereocenters. The largest absolute Gasteiger partial charge is 0.397 e. The smallest absolute Gasteiger partial charge is 0.202 e. The first-order valence-corrected chi connectivity index (χ1v) is 6.66. The monoisotopic (exact) mass is 311 g/mol. The third-order valence-electron chi connectivity index (χ3n) is 3.64. The van der Waals surface area contributed by atoms with E-state index in [9.17, 15) is 10.2 Å². The van der Waals surface area contributed by atoms with Crippen LogP contribution in [0, 0.1) is 0 Å². The summed E-state index contributed by atoms with van der Waals surface area (Å²) in [6.45, 7) is -0.395. The number of aryl methyl sites for hydroxylation is 1. The summed E-state index contributed by atoms with van der Waals surface area (Å²) in [6, 6.07) is 0. The first kappa shape index (κ1) is 14.9. The van der Waals surface area contributed by atoms with Crippen molar-refractivity contribution in [1.29, 1.82) is 0 Å². The molecule has 0 aromatic carbocycles. The lowest BCUT2D eigenvalue weighted by Gasteiger charge is -2.16. The number of ether oxygens (including phenoxy) is 1. The Labute approximate surface area is 124 Å². The molecule has 2 aromatic heterocycles. The molecule has 0 radical (unpaired) electrons. The molecule has 3 heterocycles. The molecule has 10 nitrogen and oxygen atoms in total. The third kappa shape index (κ3) is 2.16. The minimum absolute atomic E-state index is 0.395. The van der Waals surface area contributed by atoms with E-state index in [1.54, 1.807) is 11.6 Å². The number of aromatic nitrogens is 4. The van der Waals surface area contributed by atoms with Crippen LogP contribution < -0.4 is 5.49 Å². The second kappa shape index (κ2) is 5.65. The number of hydrogen-bond acceptors (Lipinski definition) is 8. The van der Waals surface area contributed by atoms with Crippen molar-refractivity contribution in [2.75, 3.05) is 13.7 Å². The van der Waals surface area contributed by atoms with E-state index < -0.39 is 31.1 Å². The van der Waals surface area contributed by atoms with E-state index in [0.717, 1.165) is 0 Å². The molecular weight excluding hydrogens is 294 g/mol. The molecule has 1 saturated heterocycles. The number of rotatable bonds is 3. The molecule has 2 aromatic rings. The maximum Gasteiger partial charge on any atom is 0.202 e. The Balaban J connectivity index is 2.10. The quantitative estimate of drug-likeness (QED) is 0.551. The van der Waals surface area contributed by atoms with Crippen LogP contribution in [0.15, 0.2) is 17.8 Å². The van der Waals surface area contributed by atoms with E-state index in [1.807, 2.05) is 0 Å². The highest BCUT2D eigenvalue weighted by atomic mass is 16.6. The Hall–Kier alpha value is -2.01. The molecule has 0 bridgehead atoms. The van der Waals surface area contributed by atoms with Gasteiger partial charge < -0.3 is 29.5 Å². The van der Waals surface area contributed by atoms with Gasteiger partial charge in [-0.05, 0) is 0 Å². The standard InChI is InChI=1S/C12H17N5O5/c1-16-4-14-10-7(11(16)15-21-2)13-5-17(10)12-9(20)8(19)6(3-18)22-12/h4-6,8-9,12,18-20H,3H2,1-2H3/b15-11-/t6-,8-,9-,12-/m1/s1. The molecule has 1 fully saturated rings. The highest BCUT2D eigenvalue weighted by molar-refractivity contribution is 5.68. The molecule has 10 heteroatoms. The van der Waals surface area contributed by atoms with Gasteiger partial charge in [0.2, 0.25) is 5.49 Å². The number of hydrogen-bond donors (Lipinski definition) is 3. The zero-order valence-corrected chi connectivity index (χ0v) is 12.1. The van der Waals surface area contributed by atoms with E-state index >= 15 is 0 Å². The number of nitrogens with zero attached hydrogens (tertiary/aromatic N) is 5. The van der Waals surface area contributed by atoms with Gasteiger partial charge in [0.25, 0.3) is 0 Å². The third-order valence-corrected chi connectivity index (χ3v) is 3.64. The molecule has 120 valence electrons. The first-order valence-electron chi connectivity index (χ1n) is 6.66. The minimum Gasteiger partial charge on any atom is -0.397 e. The van der Waals surface area contributed by atoms with E-state index in [2.05, 4.69) is 15.1 Å². The zero-order chi connectivity index (χ0) is 15.9. The molecule has 22 heavy (non-hydrogen) atoms. The van der Waals surface area contributed by atoms with Crippen LogP contribution in [0.25, 0.3) is 11.2 Å². The predicted octanol–water partition coefficient (Wildman–Crippen LogP) is -2.16. The van der Waals surface area contributed by atoms with Gasteiger partial charge in [-0.25, -0.2) is 9.97 Å². The summed E-state index contributed by atoms with van der Waals surface area (Å²) < 4.78 is 8.61. The highest BCUT2D eigenvalue weighted by Gasteiger charge is 2.43. The molecule has 0 saturated carbocycles. The fraction of sp³-hybridized carbons (Fsp3) is 0.583. The number of imidazole rings is 1. The molecule has 0 amide bonds. The summed E-state index contributed by atoms with van der Waals surface area (Å²) in [6.07, 6.45) is -1.18. The summed E-state index contributed by atoms with van der Waals surface area (Å²) in [5.41, 5.74) is 1.34. The van der Waals surface area contributed by atoms with Crippen molar-refractivity contribution in [3.8, 4) is 0 Å². The van der Waals surface area contributed by atoms with Crippen molar-refractivity contribution in [3.63, 3.8) is 0 Å². The van der Waals surface area contributed by atoms with Crippen molar-refractivity contribution in [2.45, 2.75) is 24.5 Å². The van der Waals surface area contributed by atoms with E-state index in [4.69, 9.17) is 14.7 Å². The molecule has 1 aliphatic rings. The fourth-order valence-electron chi connectivity index (χ4n) is 2.49. The maximum atomic E-state index is 10.1. The molecule has 0 aliphatic carbocycles. The number of aliphatic hydroxyl groups excluding tert-OH is 3. The Morgan fingerprint density at radius 1 is 1.32 bits per heavy atom. The van der Waals surface area contributed by atoms with Gasteiger partial charge in [-0.2, -0.15) is 0 Å². The van der Waals surface area contributed by atoms with E-state index in [-0.39, 0.29) is 0 Å². The van der Waals surface area contributed by atoms with Crippen LogP contribution in [0.5, 0.6) is 0 Å². The molecular formula is C12H17N5O5. The summed E-state index contributed by atoms with van der Waals surface area (Å²) in [5, 5.41) is 33.0. The van der Waals surface area contributed by atoms with Crippen LogP contribution in [0.1, 0.15) is 6.23 Å². The van der Waals surface area contributed by atoms with Crippen LogP contribution in [0.2, 0.25) is 0 Å². The average molecular weight is 311 g/mol. The van der Waals surface area contributed by atoms with Gasteiger partial charge in [-0.3, -0.25) is 4.57 Å². The first-order chi connectivity index (χ1) is 10.6. The average Bonchev–Trinajstić information content (AvgIpc) is 3.05. The van der Waals surface area contributed by atoms with Crippen molar-refractivity contribution in [1.82, 2.24) is 19.1 Å². The van der Waals surface area contributed by atoms with Gasteiger partial charge in [0.15, 0.2) is 17.4 Å². The summed E-state index contributed by atoms with van der Waals surface area (Å²) in [5.74, 6) is 0. The van der Waals surface area contributed by atoms with Gasteiger partial charge in [0, 0.05) is 7.05 Å². The summed E-state index contributed by atoms with van der Waals surface area (Å²) in [4.78, 5) is 13.3. The SMILES string of the molecule is CO/N=c1/c2ncn([C@@H]3O[C@H](CO)[C@@H](O)[C@H]3O)c2ncn1C. The zero-order valence-electron chi connectivity index (χ0n) is 12.1. The number of fused-ring (bicyclic) bond motifs is 1. The van der Waals surface area contributed by atoms with Crippen LogP contribution in [0.3, 0.4) is 0 Å². The van der Waals surface area contributed by atoms with Gasteiger partial charge in [-0.15, -0.1) is 0 Å². The lowest BCUT2D eigenvalue weighted by Crippen LogP contribution is -2.33. The highest BCUT2D eigenvalue weighted by Crippen LogP contribution is 2.30. The van der Waals surface area contributed by atoms with Crippen molar-refractivity contribution < 1.29 is 24.9 Å². The Bertz CT molecular complexity index is 741. The van der Waals surface area contributed by atoms with Gasteiger partial charge >= 0.3 is 0 Å². The van der Waals surface area contributed by atoms with Crippen LogP contribution in [-0.4, -0.2) is 66.5 Å². The topological polar surface area (TPSA) is 127 Å². The van der Waals surface area contributed by atoms with Gasteiger partial charge in [0.05, 0.1) is 19.3 Å². The van der Waals surface area contributed by atoms with E-state index in [0.29, 0.717) is 16.7 Å². The minimum atomic E-state index is -1.20. The Morgan fingerprint density at radius 3 is 2.73 bits per heavy atom. The van der Waals surface area contributed by atoms with Crippen molar-refractivity contribution >= 4 is 11.2 Å². The second-order valence-electron chi connectivity index (χ2n) is 5.01. The molecule has 0 unspecified atom stereocenters. The fourth-order valence-corrected chi connectivity index (χ4v) is 2.49. The maximum absolute atomic E-state index is 10.1. The number of aliphatic hydroxyl groups is 3. The van der Waals surface area contributed by atoms with E-state index in [1.165, 1.54) is 24.3 Å². The molecule has 1 aliphatic heterocycles. The summed E-state index contributed by atoms with van der Waals surface area (Å²) >= 11 is 0. The molecule has 3 rings (SSSR count). The Kier molecular flexibility index (Phi) is 3.83. The van der Waals surface area contributed by atoms with Crippen molar-refractivity contribution in [2.24, 2.45) is 12.2 Å². The van der Waals surface area contributed by atoms with Crippen LogP contribution in [0.4, 0.5) is 0 Å². The second-order valence-corrected chi connectivity index (χ2v) is 5.01. The Morgan fingerprint density at radius 2 is 2.09 bits per heavy atom. The lowest BCUT2D eigenvalue weighted by atomic mass is 10.1. The predicted molar refractivity (Wildman–Crippen MR) is 72.1 cm³/mol.